The Labute approximate surface area is 238 Å². The summed E-state index contributed by atoms with van der Waals surface area (Å²) in [5.41, 5.74) is -0.101. The monoisotopic (exact) mass is 603 g/mol. The number of fused-ring (bicyclic) bond motifs is 1. The van der Waals surface area contributed by atoms with E-state index in [1.807, 2.05) is 0 Å². The summed E-state index contributed by atoms with van der Waals surface area (Å²) in [5.74, 6) is -2.64. The van der Waals surface area contributed by atoms with Crippen molar-refractivity contribution in [2.45, 2.75) is 30.2 Å². The SMILES string of the molecule is CNC(=O)C1CCC(Nc2ncc3c(F)c(-c4ccnc(NS(=O)(=O)c5cc(Cl)cnc5OC)c4F)ccc3n2)C1. The van der Waals surface area contributed by atoms with Crippen LogP contribution >= 0.6 is 11.6 Å². The van der Waals surface area contributed by atoms with Crippen LogP contribution in [0.3, 0.4) is 0 Å². The Kier molecular flexibility index (Phi) is 7.87. The van der Waals surface area contributed by atoms with Crippen molar-refractivity contribution in [1.82, 2.24) is 25.3 Å². The minimum atomic E-state index is -4.44. The van der Waals surface area contributed by atoms with Crippen LogP contribution < -0.4 is 20.1 Å². The number of pyridine rings is 2. The highest BCUT2D eigenvalue weighted by molar-refractivity contribution is 7.92. The van der Waals surface area contributed by atoms with Crippen molar-refractivity contribution in [3.8, 4) is 17.0 Å². The molecular formula is C26H24ClF2N7O4S. The lowest BCUT2D eigenvalue weighted by Gasteiger charge is -2.14. The summed E-state index contributed by atoms with van der Waals surface area (Å²) in [6, 6.07) is 5.16. The van der Waals surface area contributed by atoms with Crippen LogP contribution in [0.4, 0.5) is 20.5 Å². The summed E-state index contributed by atoms with van der Waals surface area (Å²) in [5, 5.41) is 5.90. The standard InChI is InChI=1S/C26H24ClF2N7O4S/c1-30-24(37)13-3-4-15(9-13)34-26-33-12-18-19(35-26)6-5-16(21(18)28)17-7-8-31-23(22(17)29)36-41(38,39)20-10-14(27)11-32-25(20)40-2/h5-8,10-13,15H,3-4,9H2,1-2H3,(H,30,37)(H,31,36)(H,33,34,35). The predicted octanol–water partition coefficient (Wildman–Crippen LogP) is 4.15. The fourth-order valence-corrected chi connectivity index (χ4v) is 6.12. The second kappa shape index (κ2) is 11.4. The Morgan fingerprint density at radius 1 is 1.07 bits per heavy atom. The van der Waals surface area contributed by atoms with Crippen LogP contribution in [-0.2, 0) is 14.8 Å². The molecule has 1 saturated carbocycles. The van der Waals surface area contributed by atoms with E-state index in [9.17, 15) is 13.2 Å². The van der Waals surface area contributed by atoms with Crippen molar-refractivity contribution >= 4 is 50.2 Å². The molecule has 0 spiro atoms. The van der Waals surface area contributed by atoms with E-state index in [-0.39, 0.29) is 56.7 Å². The first-order valence-electron chi connectivity index (χ1n) is 12.4. The van der Waals surface area contributed by atoms with Gasteiger partial charge in [-0.3, -0.25) is 9.52 Å². The number of amides is 1. The molecule has 1 amide bonds. The highest BCUT2D eigenvalue weighted by atomic mass is 35.5. The van der Waals surface area contributed by atoms with Crippen molar-refractivity contribution in [3.05, 3.63) is 59.5 Å². The molecule has 4 aromatic rings. The van der Waals surface area contributed by atoms with Gasteiger partial charge in [0.15, 0.2) is 16.5 Å². The van der Waals surface area contributed by atoms with Crippen LogP contribution in [-0.4, -0.2) is 54.5 Å². The molecule has 1 aromatic carbocycles. The maximum absolute atomic E-state index is 15.6. The highest BCUT2D eigenvalue weighted by Crippen LogP contribution is 2.34. The summed E-state index contributed by atoms with van der Waals surface area (Å²) >= 11 is 5.89. The van der Waals surface area contributed by atoms with E-state index in [0.29, 0.717) is 6.42 Å². The van der Waals surface area contributed by atoms with E-state index >= 15 is 8.78 Å². The minimum Gasteiger partial charge on any atom is -0.480 e. The number of nitrogens with zero attached hydrogens (tertiary/aromatic N) is 4. The largest absolute Gasteiger partial charge is 0.480 e. The number of sulfonamides is 1. The maximum atomic E-state index is 15.6. The van der Waals surface area contributed by atoms with E-state index in [0.717, 1.165) is 25.1 Å². The van der Waals surface area contributed by atoms with E-state index in [2.05, 4.69) is 35.3 Å². The average Bonchev–Trinajstić information content (AvgIpc) is 3.42. The third-order valence-corrected chi connectivity index (χ3v) is 8.30. The highest BCUT2D eigenvalue weighted by Gasteiger charge is 2.30. The third-order valence-electron chi connectivity index (χ3n) is 6.76. The zero-order valence-electron chi connectivity index (χ0n) is 21.8. The Morgan fingerprint density at radius 3 is 2.61 bits per heavy atom. The zero-order chi connectivity index (χ0) is 29.3. The first-order chi connectivity index (χ1) is 19.6. The molecular weight excluding hydrogens is 580 g/mol. The summed E-state index contributed by atoms with van der Waals surface area (Å²) in [4.78, 5) is 27.7. The van der Waals surface area contributed by atoms with Crippen molar-refractivity contribution in [2.75, 3.05) is 24.2 Å². The first-order valence-corrected chi connectivity index (χ1v) is 14.3. The second-order valence-electron chi connectivity index (χ2n) is 9.31. The third kappa shape index (κ3) is 5.70. The number of nitrogens with one attached hydrogen (secondary N) is 3. The molecule has 0 aliphatic heterocycles. The molecule has 2 unspecified atom stereocenters. The molecule has 15 heteroatoms. The molecule has 11 nitrogen and oxygen atoms in total. The van der Waals surface area contributed by atoms with Crippen LogP contribution in [0.25, 0.3) is 22.0 Å². The van der Waals surface area contributed by atoms with Gasteiger partial charge in [0.05, 0.1) is 23.0 Å². The van der Waals surface area contributed by atoms with Crippen LogP contribution in [0, 0.1) is 17.6 Å². The van der Waals surface area contributed by atoms with Gasteiger partial charge in [-0.1, -0.05) is 11.6 Å². The number of hydrogen-bond donors (Lipinski definition) is 3. The molecule has 3 heterocycles. The molecule has 41 heavy (non-hydrogen) atoms. The number of aromatic nitrogens is 4. The van der Waals surface area contributed by atoms with Crippen LogP contribution in [0.5, 0.6) is 5.88 Å². The average molecular weight is 604 g/mol. The van der Waals surface area contributed by atoms with Gasteiger partial charge in [-0.2, -0.15) is 0 Å². The minimum absolute atomic E-state index is 0.00496. The Bertz CT molecular complexity index is 1760. The fraction of sp³-hybridized carbons (Fsp3) is 0.269. The number of halogens is 3. The van der Waals surface area contributed by atoms with Gasteiger partial charge in [-0.15, -0.1) is 0 Å². The molecule has 1 aliphatic carbocycles. The lowest BCUT2D eigenvalue weighted by atomic mass is 10.0. The quantitative estimate of drug-likeness (QED) is 0.270. The topological polar surface area (TPSA) is 148 Å². The Morgan fingerprint density at radius 2 is 1.85 bits per heavy atom. The normalized spacial score (nSPS) is 16.9. The molecule has 1 fully saturated rings. The zero-order valence-corrected chi connectivity index (χ0v) is 23.4. The molecule has 0 radical (unpaired) electrons. The van der Waals surface area contributed by atoms with Gasteiger partial charge in [0.1, 0.15) is 5.82 Å². The van der Waals surface area contributed by atoms with E-state index in [4.69, 9.17) is 16.3 Å². The summed E-state index contributed by atoms with van der Waals surface area (Å²) in [6.45, 7) is 0. The van der Waals surface area contributed by atoms with Crippen molar-refractivity contribution in [3.63, 3.8) is 0 Å². The smallest absolute Gasteiger partial charge is 0.268 e. The van der Waals surface area contributed by atoms with Crippen molar-refractivity contribution in [1.29, 1.82) is 0 Å². The number of carbonyl (C=O) groups is 1. The number of ether oxygens (including phenoxy) is 1. The Hall–Kier alpha value is -4.17. The maximum Gasteiger partial charge on any atom is 0.268 e. The molecule has 3 N–H and O–H groups in total. The van der Waals surface area contributed by atoms with Crippen molar-refractivity contribution in [2.24, 2.45) is 5.92 Å². The van der Waals surface area contributed by atoms with E-state index < -0.39 is 32.4 Å². The molecule has 2 atom stereocenters. The van der Waals surface area contributed by atoms with E-state index in [1.165, 1.54) is 37.7 Å². The second-order valence-corrected chi connectivity index (χ2v) is 11.4. The fourth-order valence-electron chi connectivity index (χ4n) is 4.75. The van der Waals surface area contributed by atoms with Gasteiger partial charge in [-0.05, 0) is 43.5 Å². The van der Waals surface area contributed by atoms with Crippen LogP contribution in [0.1, 0.15) is 19.3 Å². The number of hydrogen-bond acceptors (Lipinski definition) is 9. The molecule has 0 saturated heterocycles. The number of carbonyl (C=O) groups excluding carboxylic acids is 1. The first kappa shape index (κ1) is 28.4. The van der Waals surface area contributed by atoms with Gasteiger partial charge in [0.25, 0.3) is 10.0 Å². The molecule has 3 aromatic heterocycles. The lowest BCUT2D eigenvalue weighted by Crippen LogP contribution is -2.27. The molecule has 5 rings (SSSR count). The number of benzene rings is 1. The molecule has 1 aliphatic rings. The van der Waals surface area contributed by atoms with Crippen LogP contribution in [0.2, 0.25) is 5.02 Å². The van der Waals surface area contributed by atoms with Gasteiger partial charge < -0.3 is 15.4 Å². The molecule has 214 valence electrons. The number of methoxy groups -OCH3 is 1. The van der Waals surface area contributed by atoms with E-state index in [1.54, 1.807) is 7.05 Å². The van der Waals surface area contributed by atoms with Gasteiger partial charge >= 0.3 is 0 Å². The summed E-state index contributed by atoms with van der Waals surface area (Å²) in [7, 11) is -1.61. The van der Waals surface area contributed by atoms with Gasteiger partial charge in [0, 0.05) is 48.7 Å². The number of anilines is 2. The van der Waals surface area contributed by atoms with Crippen LogP contribution in [0.15, 0.2) is 47.8 Å². The summed E-state index contributed by atoms with van der Waals surface area (Å²) in [6.07, 6.45) is 5.76. The molecule has 0 bridgehead atoms. The van der Waals surface area contributed by atoms with Gasteiger partial charge in [-0.25, -0.2) is 37.1 Å². The lowest BCUT2D eigenvalue weighted by molar-refractivity contribution is -0.124. The predicted molar refractivity (Wildman–Crippen MR) is 148 cm³/mol. The Balaban J connectivity index is 1.42. The van der Waals surface area contributed by atoms with Crippen molar-refractivity contribution < 1.29 is 26.7 Å². The number of rotatable bonds is 8. The summed E-state index contributed by atoms with van der Waals surface area (Å²) < 4.78 is 64.2. The van der Waals surface area contributed by atoms with Gasteiger partial charge in [0.2, 0.25) is 17.7 Å².